The molecule has 0 N–H and O–H groups in total. The third-order valence-electron chi connectivity index (χ3n) is 1.91. The first kappa shape index (κ1) is 11.3. The van der Waals surface area contributed by atoms with Crippen molar-refractivity contribution in [2.24, 2.45) is 0 Å². The molecule has 0 amide bonds. The van der Waals surface area contributed by atoms with E-state index < -0.39 is 0 Å². The first-order valence-corrected chi connectivity index (χ1v) is 5.86. The minimum absolute atomic E-state index is 0.295. The Kier molecular flexibility index (Phi) is 3.36. The van der Waals surface area contributed by atoms with Crippen LogP contribution in [0.15, 0.2) is 18.2 Å². The summed E-state index contributed by atoms with van der Waals surface area (Å²) in [5, 5.41) is 8.59. The molecule has 6 heteroatoms. The first-order chi connectivity index (χ1) is 7.69. The maximum atomic E-state index is 13.2. The average molecular weight is 259 g/mol. The van der Waals surface area contributed by atoms with Crippen molar-refractivity contribution in [3.63, 3.8) is 0 Å². The number of aromatic nitrogens is 2. The molecule has 84 valence electrons. The van der Waals surface area contributed by atoms with Crippen molar-refractivity contribution in [1.29, 1.82) is 0 Å². The molecule has 3 nitrogen and oxygen atoms in total. The second-order valence-corrected chi connectivity index (χ2v) is 4.40. The van der Waals surface area contributed by atoms with Crippen LogP contribution < -0.4 is 4.74 Å². The predicted octanol–water partition coefficient (Wildman–Crippen LogP) is 3.52. The molecule has 0 unspecified atom stereocenters. The Bertz CT molecular complexity index is 503. The van der Waals surface area contributed by atoms with Crippen LogP contribution in [0.2, 0.25) is 0 Å². The fourth-order valence-electron chi connectivity index (χ4n) is 1.07. The second kappa shape index (κ2) is 4.76. The van der Waals surface area contributed by atoms with E-state index in [4.69, 9.17) is 16.3 Å². The summed E-state index contributed by atoms with van der Waals surface area (Å²) >= 11 is 6.82. The van der Waals surface area contributed by atoms with Gasteiger partial charge < -0.3 is 4.74 Å². The summed E-state index contributed by atoms with van der Waals surface area (Å²) in [4.78, 5) is 0. The number of hydrogen-bond donors (Lipinski definition) is 0. The van der Waals surface area contributed by atoms with Gasteiger partial charge >= 0.3 is 0 Å². The Hall–Kier alpha value is -1.20. The highest BCUT2D eigenvalue weighted by Crippen LogP contribution is 2.26. The second-order valence-electron chi connectivity index (χ2n) is 3.11. The minimum atomic E-state index is -0.306. The summed E-state index contributed by atoms with van der Waals surface area (Å²) in [6, 6.07) is 4.64. The van der Waals surface area contributed by atoms with Gasteiger partial charge in [-0.1, -0.05) is 22.5 Å². The minimum Gasteiger partial charge on any atom is -0.430 e. The monoisotopic (exact) mass is 258 g/mol. The average Bonchev–Trinajstić information content (AvgIpc) is 2.71. The van der Waals surface area contributed by atoms with E-state index >= 15 is 0 Å². The molecule has 0 saturated heterocycles. The summed E-state index contributed by atoms with van der Waals surface area (Å²) in [7, 11) is 0. The van der Waals surface area contributed by atoms with Crippen molar-refractivity contribution >= 4 is 22.9 Å². The zero-order valence-corrected chi connectivity index (χ0v) is 9.98. The van der Waals surface area contributed by atoms with Crippen molar-refractivity contribution in [3.05, 3.63) is 34.6 Å². The molecule has 2 aromatic rings. The number of benzene rings is 1. The van der Waals surface area contributed by atoms with E-state index in [2.05, 4.69) is 10.2 Å². The van der Waals surface area contributed by atoms with Crippen LogP contribution in [0.5, 0.6) is 10.9 Å². The highest BCUT2D eigenvalue weighted by atomic mass is 35.5. The van der Waals surface area contributed by atoms with Crippen molar-refractivity contribution in [3.8, 4) is 10.9 Å². The van der Waals surface area contributed by atoms with Gasteiger partial charge in [0, 0.05) is 6.07 Å². The molecule has 2 rings (SSSR count). The zero-order valence-electron chi connectivity index (χ0n) is 8.41. The van der Waals surface area contributed by atoms with E-state index in [1.165, 1.54) is 17.4 Å². The third-order valence-corrected chi connectivity index (χ3v) is 3.12. The van der Waals surface area contributed by atoms with Crippen LogP contribution in [0.25, 0.3) is 0 Å². The molecule has 1 aromatic carbocycles. The van der Waals surface area contributed by atoms with Crippen LogP contribution in [0, 0.1) is 12.7 Å². The van der Waals surface area contributed by atoms with Gasteiger partial charge in [-0.15, -0.1) is 16.7 Å². The molecule has 0 fully saturated rings. The van der Waals surface area contributed by atoms with Crippen LogP contribution >= 0.6 is 22.9 Å². The summed E-state index contributed by atoms with van der Waals surface area (Å²) in [6.07, 6.45) is 0. The molecule has 0 radical (unpaired) electrons. The molecule has 0 bridgehead atoms. The van der Waals surface area contributed by atoms with Crippen LogP contribution in [0.4, 0.5) is 4.39 Å². The molecule has 0 atom stereocenters. The number of halogens is 2. The van der Waals surface area contributed by atoms with E-state index in [1.54, 1.807) is 19.1 Å². The normalized spacial score (nSPS) is 10.4. The molecular weight excluding hydrogens is 251 g/mol. The maximum Gasteiger partial charge on any atom is 0.299 e. The van der Waals surface area contributed by atoms with Gasteiger partial charge in [0.2, 0.25) is 0 Å². The largest absolute Gasteiger partial charge is 0.430 e. The quantitative estimate of drug-likeness (QED) is 0.790. The Labute approximate surface area is 101 Å². The van der Waals surface area contributed by atoms with Gasteiger partial charge in [-0.25, -0.2) is 4.39 Å². The van der Waals surface area contributed by atoms with Crippen molar-refractivity contribution < 1.29 is 9.13 Å². The molecule has 0 aliphatic carbocycles. The Balaban J connectivity index is 2.17. The standard InChI is InChI=1S/C10H8ClFN2OS/c1-6-2-3-7(4-8(6)12)15-10-14-13-9(5-11)16-10/h2-4H,5H2,1H3. The summed E-state index contributed by atoms with van der Waals surface area (Å²) in [5.74, 6) is 0.392. The number of aryl methyl sites for hydroxylation is 1. The smallest absolute Gasteiger partial charge is 0.299 e. The van der Waals surface area contributed by atoms with Crippen molar-refractivity contribution in [2.45, 2.75) is 12.8 Å². The van der Waals surface area contributed by atoms with Gasteiger partial charge in [0.25, 0.3) is 5.19 Å². The number of rotatable bonds is 3. The highest BCUT2D eigenvalue weighted by molar-refractivity contribution is 7.13. The Morgan fingerprint density at radius 2 is 2.25 bits per heavy atom. The van der Waals surface area contributed by atoms with Gasteiger partial charge in [-0.3, -0.25) is 0 Å². The molecule has 16 heavy (non-hydrogen) atoms. The van der Waals surface area contributed by atoms with Crippen LogP contribution in [-0.2, 0) is 5.88 Å². The van der Waals surface area contributed by atoms with E-state index in [1.807, 2.05) is 0 Å². The third kappa shape index (κ3) is 2.48. The lowest BCUT2D eigenvalue weighted by atomic mass is 10.2. The Morgan fingerprint density at radius 3 is 2.88 bits per heavy atom. The lowest BCUT2D eigenvalue weighted by molar-refractivity contribution is 0.467. The molecule has 1 heterocycles. The molecular formula is C10H8ClFN2OS. The van der Waals surface area contributed by atoms with E-state index in [0.29, 0.717) is 27.4 Å². The van der Waals surface area contributed by atoms with E-state index in [0.717, 1.165) is 0 Å². The van der Waals surface area contributed by atoms with E-state index in [-0.39, 0.29) is 5.82 Å². The summed E-state index contributed by atoms with van der Waals surface area (Å²) < 4.78 is 18.6. The first-order valence-electron chi connectivity index (χ1n) is 4.51. The lowest BCUT2D eigenvalue weighted by Gasteiger charge is -2.02. The fraction of sp³-hybridized carbons (Fsp3) is 0.200. The van der Waals surface area contributed by atoms with E-state index in [9.17, 15) is 4.39 Å². The van der Waals surface area contributed by atoms with Crippen LogP contribution in [0.3, 0.4) is 0 Å². The van der Waals surface area contributed by atoms with Gasteiger partial charge in [0.15, 0.2) is 0 Å². The van der Waals surface area contributed by atoms with Gasteiger partial charge in [-0.05, 0) is 18.6 Å². The van der Waals surface area contributed by atoms with Crippen LogP contribution in [0.1, 0.15) is 10.6 Å². The zero-order chi connectivity index (χ0) is 11.5. The molecule has 0 aliphatic rings. The Morgan fingerprint density at radius 1 is 1.44 bits per heavy atom. The molecule has 0 aliphatic heterocycles. The van der Waals surface area contributed by atoms with Gasteiger partial charge in [0.05, 0.1) is 5.88 Å². The van der Waals surface area contributed by atoms with Gasteiger partial charge in [-0.2, -0.15) is 0 Å². The van der Waals surface area contributed by atoms with Gasteiger partial charge in [0.1, 0.15) is 16.6 Å². The highest BCUT2D eigenvalue weighted by Gasteiger charge is 2.06. The summed E-state index contributed by atoms with van der Waals surface area (Å²) in [5.41, 5.74) is 0.575. The predicted molar refractivity (Wildman–Crippen MR) is 60.7 cm³/mol. The number of hydrogen-bond acceptors (Lipinski definition) is 4. The number of nitrogens with zero attached hydrogens (tertiary/aromatic N) is 2. The van der Waals surface area contributed by atoms with Crippen molar-refractivity contribution in [1.82, 2.24) is 10.2 Å². The summed E-state index contributed by atoms with van der Waals surface area (Å²) in [6.45, 7) is 1.69. The topological polar surface area (TPSA) is 35.0 Å². The number of ether oxygens (including phenoxy) is 1. The lowest BCUT2D eigenvalue weighted by Crippen LogP contribution is -1.86. The maximum absolute atomic E-state index is 13.2. The van der Waals surface area contributed by atoms with Crippen LogP contribution in [-0.4, -0.2) is 10.2 Å². The number of alkyl halides is 1. The van der Waals surface area contributed by atoms with Crippen molar-refractivity contribution in [2.75, 3.05) is 0 Å². The fourth-order valence-corrected chi connectivity index (χ4v) is 1.85. The SMILES string of the molecule is Cc1ccc(Oc2nnc(CCl)s2)cc1F. The molecule has 1 aromatic heterocycles. The molecule has 0 spiro atoms. The molecule has 0 saturated carbocycles.